The van der Waals surface area contributed by atoms with Crippen molar-refractivity contribution in [1.29, 1.82) is 0 Å². The van der Waals surface area contributed by atoms with Crippen LogP contribution in [0.15, 0.2) is 23.1 Å². The van der Waals surface area contributed by atoms with Crippen molar-refractivity contribution < 1.29 is 17.9 Å². The number of primary sulfonamides is 1. The predicted molar refractivity (Wildman–Crippen MR) is 72.7 cm³/mol. The van der Waals surface area contributed by atoms with Crippen LogP contribution in [-0.2, 0) is 14.8 Å². The van der Waals surface area contributed by atoms with E-state index in [0.29, 0.717) is 18.7 Å². The van der Waals surface area contributed by atoms with Gasteiger partial charge in [0.25, 0.3) is 0 Å². The van der Waals surface area contributed by atoms with E-state index in [1.807, 2.05) is 6.92 Å². The minimum absolute atomic E-state index is 0.0940. The molecule has 0 spiro atoms. The van der Waals surface area contributed by atoms with E-state index in [9.17, 15) is 13.2 Å². The Morgan fingerprint density at radius 2 is 2.00 bits per heavy atom. The van der Waals surface area contributed by atoms with Gasteiger partial charge in [-0.05, 0) is 24.6 Å². The van der Waals surface area contributed by atoms with Crippen molar-refractivity contribution in [2.45, 2.75) is 18.2 Å². The van der Waals surface area contributed by atoms with Crippen LogP contribution >= 0.6 is 0 Å². The molecule has 1 aromatic rings. The Kier molecular flexibility index (Phi) is 4.90. The van der Waals surface area contributed by atoms with Crippen LogP contribution in [0.1, 0.15) is 23.7 Å². The molecule has 0 bridgehead atoms. The Bertz CT molecular complexity index is 567. The van der Waals surface area contributed by atoms with Crippen LogP contribution < -0.4 is 10.0 Å². The van der Waals surface area contributed by atoms with Crippen molar-refractivity contribution in [3.63, 3.8) is 0 Å². The number of anilines is 1. The molecule has 0 aliphatic carbocycles. The SMILES string of the molecule is CCCOC(=O)c1ccc(N(C)C)c(S(N)(=O)=O)c1. The maximum atomic E-state index is 11.7. The summed E-state index contributed by atoms with van der Waals surface area (Å²) in [5.41, 5.74) is 0.595. The summed E-state index contributed by atoms with van der Waals surface area (Å²) in [5.74, 6) is -0.558. The van der Waals surface area contributed by atoms with Gasteiger partial charge >= 0.3 is 5.97 Å². The van der Waals surface area contributed by atoms with Gasteiger partial charge in [0.1, 0.15) is 4.90 Å². The van der Waals surface area contributed by atoms with E-state index < -0.39 is 16.0 Å². The highest BCUT2D eigenvalue weighted by Gasteiger charge is 2.18. The average molecular weight is 286 g/mol. The third-order valence-electron chi connectivity index (χ3n) is 2.42. The third kappa shape index (κ3) is 3.93. The molecule has 106 valence electrons. The van der Waals surface area contributed by atoms with Crippen LogP contribution in [-0.4, -0.2) is 35.1 Å². The Hall–Kier alpha value is -1.60. The summed E-state index contributed by atoms with van der Waals surface area (Å²) in [6, 6.07) is 4.28. The monoisotopic (exact) mass is 286 g/mol. The molecule has 0 aliphatic heterocycles. The molecule has 0 radical (unpaired) electrons. The fourth-order valence-corrected chi connectivity index (χ4v) is 2.35. The summed E-state index contributed by atoms with van der Waals surface area (Å²) < 4.78 is 28.0. The average Bonchev–Trinajstić information content (AvgIpc) is 2.34. The fourth-order valence-electron chi connectivity index (χ4n) is 1.52. The van der Waals surface area contributed by atoms with Gasteiger partial charge in [-0.1, -0.05) is 6.92 Å². The summed E-state index contributed by atoms with van der Waals surface area (Å²) in [7, 11) is -0.517. The Morgan fingerprint density at radius 3 is 2.47 bits per heavy atom. The highest BCUT2D eigenvalue weighted by molar-refractivity contribution is 7.89. The van der Waals surface area contributed by atoms with Crippen molar-refractivity contribution >= 4 is 21.7 Å². The number of hydrogen-bond donors (Lipinski definition) is 1. The minimum atomic E-state index is -3.90. The molecule has 1 rings (SSSR count). The van der Waals surface area contributed by atoms with E-state index in [1.165, 1.54) is 18.2 Å². The van der Waals surface area contributed by atoms with Gasteiger partial charge < -0.3 is 9.64 Å². The van der Waals surface area contributed by atoms with E-state index in [0.717, 1.165) is 0 Å². The fraction of sp³-hybridized carbons (Fsp3) is 0.417. The Morgan fingerprint density at radius 1 is 1.37 bits per heavy atom. The molecule has 0 aromatic heterocycles. The topological polar surface area (TPSA) is 89.7 Å². The molecule has 1 aromatic carbocycles. The van der Waals surface area contributed by atoms with Crippen LogP contribution in [0.5, 0.6) is 0 Å². The van der Waals surface area contributed by atoms with Crippen LogP contribution in [0.4, 0.5) is 5.69 Å². The molecule has 0 fully saturated rings. The van der Waals surface area contributed by atoms with Gasteiger partial charge in [0, 0.05) is 14.1 Å². The number of ether oxygens (including phenoxy) is 1. The second-order valence-corrected chi connectivity index (χ2v) is 5.79. The van der Waals surface area contributed by atoms with E-state index in [2.05, 4.69) is 0 Å². The molecule has 6 nitrogen and oxygen atoms in total. The van der Waals surface area contributed by atoms with Gasteiger partial charge in [-0.3, -0.25) is 0 Å². The lowest BCUT2D eigenvalue weighted by molar-refractivity contribution is 0.0505. The predicted octanol–water partition coefficient (Wildman–Crippen LogP) is 0.967. The first-order chi connectivity index (χ1) is 8.77. The number of benzene rings is 1. The zero-order chi connectivity index (χ0) is 14.6. The van der Waals surface area contributed by atoms with Crippen LogP contribution in [0.2, 0.25) is 0 Å². The molecular weight excluding hydrogens is 268 g/mol. The Balaban J connectivity index is 3.23. The highest BCUT2D eigenvalue weighted by atomic mass is 32.2. The quantitative estimate of drug-likeness (QED) is 0.814. The molecule has 0 saturated heterocycles. The van der Waals surface area contributed by atoms with E-state index in [-0.39, 0.29) is 10.5 Å². The molecule has 0 heterocycles. The van der Waals surface area contributed by atoms with E-state index in [1.54, 1.807) is 19.0 Å². The molecule has 7 heteroatoms. The maximum absolute atomic E-state index is 11.7. The molecule has 2 N–H and O–H groups in total. The molecule has 19 heavy (non-hydrogen) atoms. The summed E-state index contributed by atoms with van der Waals surface area (Å²) in [6.45, 7) is 2.16. The minimum Gasteiger partial charge on any atom is -0.462 e. The molecular formula is C12H18N2O4S. The van der Waals surface area contributed by atoms with Crippen LogP contribution in [0, 0.1) is 0 Å². The summed E-state index contributed by atoms with van der Waals surface area (Å²) in [6.07, 6.45) is 0.698. The number of esters is 1. The van der Waals surface area contributed by atoms with E-state index >= 15 is 0 Å². The van der Waals surface area contributed by atoms with Crippen molar-refractivity contribution in [3.8, 4) is 0 Å². The number of carbonyl (C=O) groups is 1. The van der Waals surface area contributed by atoms with Crippen molar-refractivity contribution in [1.82, 2.24) is 0 Å². The van der Waals surface area contributed by atoms with Crippen molar-refractivity contribution in [3.05, 3.63) is 23.8 Å². The standard InChI is InChI=1S/C12H18N2O4S/c1-4-7-18-12(15)9-5-6-10(14(2)3)11(8-9)19(13,16)17/h5-6,8H,4,7H2,1-3H3,(H2,13,16,17). The van der Waals surface area contributed by atoms with Crippen LogP contribution in [0.25, 0.3) is 0 Å². The van der Waals surface area contributed by atoms with Gasteiger partial charge in [0.2, 0.25) is 10.0 Å². The lowest BCUT2D eigenvalue weighted by Crippen LogP contribution is -2.19. The Labute approximate surface area is 113 Å². The number of nitrogens with two attached hydrogens (primary N) is 1. The number of rotatable bonds is 5. The third-order valence-corrected chi connectivity index (χ3v) is 3.36. The highest BCUT2D eigenvalue weighted by Crippen LogP contribution is 2.24. The van der Waals surface area contributed by atoms with Gasteiger partial charge in [-0.15, -0.1) is 0 Å². The van der Waals surface area contributed by atoms with E-state index in [4.69, 9.17) is 9.88 Å². The van der Waals surface area contributed by atoms with Gasteiger partial charge in [-0.2, -0.15) is 0 Å². The second-order valence-electron chi connectivity index (χ2n) is 4.26. The summed E-state index contributed by atoms with van der Waals surface area (Å²) in [4.78, 5) is 13.2. The first-order valence-electron chi connectivity index (χ1n) is 5.78. The van der Waals surface area contributed by atoms with Gasteiger partial charge in [0.05, 0.1) is 17.9 Å². The number of hydrogen-bond acceptors (Lipinski definition) is 5. The maximum Gasteiger partial charge on any atom is 0.338 e. The molecule has 0 atom stereocenters. The van der Waals surface area contributed by atoms with Crippen molar-refractivity contribution in [2.24, 2.45) is 5.14 Å². The lowest BCUT2D eigenvalue weighted by atomic mass is 10.2. The van der Waals surface area contributed by atoms with Crippen LogP contribution in [0.3, 0.4) is 0 Å². The normalized spacial score (nSPS) is 11.2. The molecule has 0 unspecified atom stereocenters. The zero-order valence-electron chi connectivity index (χ0n) is 11.2. The van der Waals surface area contributed by atoms with Crippen molar-refractivity contribution in [2.75, 3.05) is 25.6 Å². The largest absolute Gasteiger partial charge is 0.462 e. The first kappa shape index (κ1) is 15.5. The molecule has 0 aliphatic rings. The molecule has 0 amide bonds. The van der Waals surface area contributed by atoms with Gasteiger partial charge in [-0.25, -0.2) is 18.4 Å². The second kappa shape index (κ2) is 6.03. The molecule has 0 saturated carbocycles. The number of sulfonamides is 1. The smallest absolute Gasteiger partial charge is 0.338 e. The summed E-state index contributed by atoms with van der Waals surface area (Å²) in [5, 5.41) is 5.16. The first-order valence-corrected chi connectivity index (χ1v) is 7.33. The number of carbonyl (C=O) groups excluding carboxylic acids is 1. The number of nitrogens with zero attached hydrogens (tertiary/aromatic N) is 1. The zero-order valence-corrected chi connectivity index (χ0v) is 12.0. The summed E-state index contributed by atoms with van der Waals surface area (Å²) >= 11 is 0. The lowest BCUT2D eigenvalue weighted by Gasteiger charge is -2.17. The van der Waals surface area contributed by atoms with Gasteiger partial charge in [0.15, 0.2) is 0 Å².